The Bertz CT molecular complexity index is 948. The minimum atomic E-state index is -2.91. The molecule has 0 aliphatic heterocycles. The first-order valence-corrected chi connectivity index (χ1v) is 9.19. The number of ketones is 1. The lowest BCUT2D eigenvalue weighted by molar-refractivity contribution is 0.0747. The van der Waals surface area contributed by atoms with E-state index in [0.29, 0.717) is 17.1 Å². The van der Waals surface area contributed by atoms with Gasteiger partial charge in [0.05, 0.1) is 24.2 Å². The van der Waals surface area contributed by atoms with Crippen molar-refractivity contribution in [2.45, 2.75) is 11.0 Å². The first kappa shape index (κ1) is 19.8. The number of ether oxygens (including phenoxy) is 2. The molecule has 7 nitrogen and oxygen atoms in total. The number of aliphatic hydroxyl groups is 1. The zero-order valence-electron chi connectivity index (χ0n) is 14.5. The highest BCUT2D eigenvalue weighted by atomic mass is 32.3. The monoisotopic (exact) mass is 381 g/mol. The molecule has 1 N–H and O–H groups in total. The van der Waals surface area contributed by atoms with Crippen LogP contribution in [-0.2, 0) is 0 Å². The van der Waals surface area contributed by atoms with Crippen LogP contribution in [0.25, 0.3) is 0 Å². The Hall–Kier alpha value is -3.51. The van der Waals surface area contributed by atoms with E-state index < -0.39 is 21.9 Å². The molecule has 0 aliphatic rings. The van der Waals surface area contributed by atoms with Crippen LogP contribution >= 0.6 is 10.0 Å². The van der Waals surface area contributed by atoms with Crippen molar-refractivity contribution >= 4 is 15.8 Å². The van der Waals surface area contributed by atoms with Crippen LogP contribution in [0.5, 0.6) is 11.5 Å². The van der Waals surface area contributed by atoms with Crippen molar-refractivity contribution in [1.82, 2.24) is 0 Å². The van der Waals surface area contributed by atoms with Gasteiger partial charge in [0, 0.05) is 10.5 Å². The van der Waals surface area contributed by atoms with Gasteiger partial charge in [0.25, 0.3) is 0 Å². The van der Waals surface area contributed by atoms with Gasteiger partial charge in [-0.2, -0.15) is 15.8 Å². The second kappa shape index (κ2) is 8.25. The summed E-state index contributed by atoms with van der Waals surface area (Å²) in [5.41, 5.74) is 0.510. The molecule has 136 valence electrons. The molecular formula is C19H15N3O4S. The summed E-state index contributed by atoms with van der Waals surface area (Å²) >= 11 is 0. The molecule has 0 amide bonds. The van der Waals surface area contributed by atoms with Crippen molar-refractivity contribution in [1.29, 1.82) is 15.8 Å². The number of hydrogen-bond donors (Lipinski definition) is 1. The van der Waals surface area contributed by atoms with Gasteiger partial charge in [-0.05, 0) is 29.8 Å². The summed E-state index contributed by atoms with van der Waals surface area (Å²) in [7, 11) is 0.0177. The van der Waals surface area contributed by atoms with E-state index in [-0.39, 0.29) is 10.5 Å². The fourth-order valence-corrected chi connectivity index (χ4v) is 3.36. The van der Waals surface area contributed by atoms with Crippen molar-refractivity contribution in [2.75, 3.05) is 14.2 Å². The van der Waals surface area contributed by atoms with Crippen LogP contribution in [0.1, 0.15) is 22.0 Å². The molecule has 0 saturated carbocycles. The number of thiocyanates is 3. The molecule has 0 spiro atoms. The Morgan fingerprint density at radius 2 is 1.52 bits per heavy atom. The third kappa shape index (κ3) is 3.70. The van der Waals surface area contributed by atoms with Crippen molar-refractivity contribution in [2.24, 2.45) is 0 Å². The number of hydrogen-bond acceptors (Lipinski definition) is 7. The number of benzene rings is 2. The van der Waals surface area contributed by atoms with Gasteiger partial charge in [0.2, 0.25) is 0 Å². The lowest BCUT2D eigenvalue weighted by Crippen LogP contribution is -2.12. The zero-order valence-corrected chi connectivity index (χ0v) is 15.4. The summed E-state index contributed by atoms with van der Waals surface area (Å²) in [5, 5.41) is 43.1. The van der Waals surface area contributed by atoms with Crippen LogP contribution in [-0.4, -0.2) is 25.1 Å². The second-order valence-corrected chi connectivity index (χ2v) is 7.54. The van der Waals surface area contributed by atoms with E-state index in [2.05, 4.69) is 0 Å². The molecule has 0 radical (unpaired) electrons. The molecule has 1 atom stereocenters. The molecule has 0 bridgehead atoms. The number of nitrogens with zero attached hydrogens (tertiary/aromatic N) is 3. The van der Waals surface area contributed by atoms with Gasteiger partial charge >= 0.3 is 0 Å². The normalized spacial score (nSPS) is 12.0. The van der Waals surface area contributed by atoms with Crippen LogP contribution in [0, 0.1) is 32.0 Å². The van der Waals surface area contributed by atoms with E-state index >= 15 is 0 Å². The standard InChI is InChI=1S/C19H15N3O4S/c1-25-16-8-5-14(9-17(16)26-2)19(24)18(23)13-3-6-15(7-4-13)27(10-20,11-21)12-22/h3-9,19,24H,1-2H3. The van der Waals surface area contributed by atoms with Crippen LogP contribution in [0.3, 0.4) is 0 Å². The maximum absolute atomic E-state index is 12.6. The average Bonchev–Trinajstić information content (AvgIpc) is 2.74. The molecule has 8 heteroatoms. The SMILES string of the molecule is COc1ccc(C(O)C(=O)c2ccc(S(C#N)(C#N)C#N)cc2)cc1OC. The molecule has 0 saturated heterocycles. The molecule has 0 aromatic heterocycles. The van der Waals surface area contributed by atoms with Gasteiger partial charge in [-0.1, -0.05) is 18.2 Å². The fraction of sp³-hybridized carbons (Fsp3) is 0.158. The predicted molar refractivity (Wildman–Crippen MR) is 98.0 cm³/mol. The molecule has 2 aromatic carbocycles. The first-order valence-electron chi connectivity index (χ1n) is 7.56. The molecule has 0 heterocycles. The van der Waals surface area contributed by atoms with Crippen molar-refractivity contribution in [3.8, 4) is 27.7 Å². The number of carbonyl (C=O) groups is 1. The average molecular weight is 381 g/mol. The molecule has 0 aliphatic carbocycles. The van der Waals surface area contributed by atoms with Gasteiger partial charge in [-0.3, -0.25) is 4.79 Å². The Balaban J connectivity index is 2.32. The van der Waals surface area contributed by atoms with Gasteiger partial charge in [0.15, 0.2) is 17.3 Å². The highest BCUT2D eigenvalue weighted by Crippen LogP contribution is 2.52. The zero-order chi connectivity index (χ0) is 20.0. The van der Waals surface area contributed by atoms with Gasteiger partial charge in [-0.25, -0.2) is 0 Å². The molecule has 1 unspecified atom stereocenters. The van der Waals surface area contributed by atoms with E-state index in [4.69, 9.17) is 25.3 Å². The summed E-state index contributed by atoms with van der Waals surface area (Å²) in [6, 6.07) is 10.2. The molecule has 2 rings (SSSR count). The van der Waals surface area contributed by atoms with Crippen molar-refractivity contribution in [3.63, 3.8) is 0 Å². The lowest BCUT2D eigenvalue weighted by atomic mass is 9.99. The summed E-state index contributed by atoms with van der Waals surface area (Å²) in [5.74, 6) is 0.275. The van der Waals surface area contributed by atoms with Gasteiger partial charge < -0.3 is 14.6 Å². The summed E-state index contributed by atoms with van der Waals surface area (Å²) < 4.78 is 10.3. The Kier molecular flexibility index (Phi) is 6.05. The highest BCUT2D eigenvalue weighted by Gasteiger charge is 2.27. The lowest BCUT2D eigenvalue weighted by Gasteiger charge is -2.16. The van der Waals surface area contributed by atoms with Crippen molar-refractivity contribution < 1.29 is 19.4 Å². The van der Waals surface area contributed by atoms with Crippen LogP contribution in [0.15, 0.2) is 47.4 Å². The summed E-state index contributed by atoms with van der Waals surface area (Å²) in [6.07, 6.45) is -1.43. The number of methoxy groups -OCH3 is 2. The minimum Gasteiger partial charge on any atom is -0.493 e. The number of nitriles is 3. The van der Waals surface area contributed by atoms with Gasteiger partial charge in [-0.15, -0.1) is 0 Å². The third-order valence-corrected chi connectivity index (χ3v) is 5.68. The Labute approximate surface area is 157 Å². The molecule has 0 fully saturated rings. The molecular weight excluding hydrogens is 366 g/mol. The molecule has 2 aromatic rings. The van der Waals surface area contributed by atoms with Crippen LogP contribution in [0.2, 0.25) is 0 Å². The van der Waals surface area contributed by atoms with Crippen molar-refractivity contribution in [3.05, 3.63) is 53.6 Å². The summed E-state index contributed by atoms with van der Waals surface area (Å²) in [4.78, 5) is 12.8. The smallest absolute Gasteiger partial charge is 0.195 e. The predicted octanol–water partition coefficient (Wildman–Crippen LogP) is 3.23. The Morgan fingerprint density at radius 1 is 0.963 bits per heavy atom. The van der Waals surface area contributed by atoms with E-state index in [0.717, 1.165) is 0 Å². The van der Waals surface area contributed by atoms with E-state index in [9.17, 15) is 9.90 Å². The quantitative estimate of drug-likeness (QED) is 0.601. The molecule has 27 heavy (non-hydrogen) atoms. The highest BCUT2D eigenvalue weighted by molar-refractivity contribution is 8.44. The van der Waals surface area contributed by atoms with Crippen LogP contribution < -0.4 is 9.47 Å². The second-order valence-electron chi connectivity index (χ2n) is 5.29. The fourth-order valence-electron chi connectivity index (χ4n) is 2.37. The first-order chi connectivity index (χ1) is 13.0. The largest absolute Gasteiger partial charge is 0.493 e. The number of rotatable bonds is 6. The topological polar surface area (TPSA) is 127 Å². The third-order valence-electron chi connectivity index (χ3n) is 3.87. The van der Waals surface area contributed by atoms with Crippen LogP contribution in [0.4, 0.5) is 0 Å². The number of aliphatic hydroxyl groups excluding tert-OH is 1. The maximum Gasteiger partial charge on any atom is 0.195 e. The van der Waals surface area contributed by atoms with Gasteiger partial charge in [0.1, 0.15) is 22.3 Å². The number of Topliss-reactive ketones (excluding diaryl/α,β-unsaturated/α-hetero) is 1. The van der Waals surface area contributed by atoms with E-state index in [1.165, 1.54) is 44.6 Å². The Morgan fingerprint density at radius 3 is 2.00 bits per heavy atom. The van der Waals surface area contributed by atoms with E-state index in [1.54, 1.807) is 28.3 Å². The minimum absolute atomic E-state index is 0.183. The number of carbonyl (C=O) groups excluding carboxylic acids is 1. The summed E-state index contributed by atoms with van der Waals surface area (Å²) in [6.45, 7) is 0. The van der Waals surface area contributed by atoms with E-state index in [1.807, 2.05) is 0 Å². The maximum atomic E-state index is 12.6.